The third-order valence-corrected chi connectivity index (χ3v) is 3.60. The summed E-state index contributed by atoms with van der Waals surface area (Å²) in [6.45, 7) is 3.50. The van der Waals surface area contributed by atoms with Crippen molar-refractivity contribution in [2.75, 3.05) is 6.61 Å². The monoisotopic (exact) mass is 302 g/mol. The molecule has 6 heteroatoms. The summed E-state index contributed by atoms with van der Waals surface area (Å²) in [7, 11) is 0. The molecule has 0 aliphatic carbocycles. The number of nitrogens with two attached hydrogens (primary N) is 1. The molecule has 3 N–H and O–H groups in total. The van der Waals surface area contributed by atoms with Gasteiger partial charge in [-0.1, -0.05) is 30.3 Å². The van der Waals surface area contributed by atoms with Gasteiger partial charge in [-0.25, -0.2) is 4.79 Å². The second-order valence-corrected chi connectivity index (χ2v) is 5.02. The number of amides is 2. The van der Waals surface area contributed by atoms with Crippen molar-refractivity contribution < 1.29 is 19.1 Å². The molecule has 0 bridgehead atoms. The lowest BCUT2D eigenvalue weighted by atomic mass is 9.76. The highest BCUT2D eigenvalue weighted by Gasteiger charge is 2.43. The zero-order valence-corrected chi connectivity index (χ0v) is 12.5. The molecule has 1 heterocycles. The number of ether oxygens (including phenoxy) is 1. The van der Waals surface area contributed by atoms with Crippen molar-refractivity contribution in [1.82, 2.24) is 5.32 Å². The first kappa shape index (κ1) is 15.8. The minimum absolute atomic E-state index is 0.201. The molecule has 0 fully saturated rings. The van der Waals surface area contributed by atoms with Gasteiger partial charge in [-0.05, 0) is 19.4 Å². The molecule has 1 aromatic carbocycles. The van der Waals surface area contributed by atoms with Gasteiger partial charge >= 0.3 is 5.97 Å². The molecule has 0 radical (unpaired) electrons. The molecule has 6 nitrogen and oxygen atoms in total. The van der Waals surface area contributed by atoms with E-state index >= 15 is 0 Å². The zero-order chi connectivity index (χ0) is 16.3. The second kappa shape index (κ2) is 6.43. The van der Waals surface area contributed by atoms with E-state index < -0.39 is 29.6 Å². The van der Waals surface area contributed by atoms with E-state index in [1.54, 1.807) is 38.1 Å². The van der Waals surface area contributed by atoms with Crippen LogP contribution in [0.5, 0.6) is 0 Å². The van der Waals surface area contributed by atoms with Crippen LogP contribution in [0.25, 0.3) is 0 Å². The first-order chi connectivity index (χ1) is 10.5. The van der Waals surface area contributed by atoms with Crippen molar-refractivity contribution in [3.63, 3.8) is 0 Å². The Balaban J connectivity index is 2.60. The topological polar surface area (TPSA) is 98.5 Å². The second-order valence-electron chi connectivity index (χ2n) is 5.02. The molecule has 22 heavy (non-hydrogen) atoms. The number of carbonyl (C=O) groups excluding carboxylic acids is 3. The lowest BCUT2D eigenvalue weighted by Crippen LogP contribution is -2.47. The maximum absolute atomic E-state index is 12.3. The van der Waals surface area contributed by atoms with Gasteiger partial charge < -0.3 is 15.8 Å². The number of allylic oxidation sites excluding steroid dienone is 1. The molecule has 1 aromatic rings. The van der Waals surface area contributed by atoms with Crippen LogP contribution in [0.1, 0.15) is 25.3 Å². The van der Waals surface area contributed by atoms with Gasteiger partial charge in [0, 0.05) is 11.6 Å². The van der Waals surface area contributed by atoms with E-state index in [4.69, 9.17) is 10.5 Å². The van der Waals surface area contributed by atoms with E-state index in [9.17, 15) is 14.4 Å². The minimum Gasteiger partial charge on any atom is -0.463 e. The van der Waals surface area contributed by atoms with Crippen LogP contribution in [-0.4, -0.2) is 24.4 Å². The number of nitrogens with one attached hydrogen (secondary N) is 1. The van der Waals surface area contributed by atoms with E-state index in [1.807, 2.05) is 6.07 Å². The number of carbonyl (C=O) groups is 3. The van der Waals surface area contributed by atoms with Gasteiger partial charge in [-0.15, -0.1) is 0 Å². The Labute approximate surface area is 128 Å². The van der Waals surface area contributed by atoms with Gasteiger partial charge in [0.25, 0.3) is 0 Å². The van der Waals surface area contributed by atoms with Crippen LogP contribution < -0.4 is 11.1 Å². The molecule has 0 saturated carbocycles. The fourth-order valence-electron chi connectivity index (χ4n) is 2.68. The number of esters is 1. The average molecular weight is 302 g/mol. The van der Waals surface area contributed by atoms with Gasteiger partial charge in [0.05, 0.1) is 12.2 Å². The SMILES string of the molecule is CCOC(=O)C1=C(C)NC(=O)[C@H](C(N)=O)[C@@H]1c1ccccc1. The summed E-state index contributed by atoms with van der Waals surface area (Å²) in [5.74, 6) is -3.73. The van der Waals surface area contributed by atoms with E-state index in [1.165, 1.54) is 0 Å². The van der Waals surface area contributed by atoms with Crippen LogP contribution in [0.4, 0.5) is 0 Å². The highest BCUT2D eigenvalue weighted by molar-refractivity contribution is 6.06. The molecule has 2 amide bonds. The summed E-state index contributed by atoms with van der Waals surface area (Å²) in [6, 6.07) is 8.87. The zero-order valence-electron chi connectivity index (χ0n) is 12.5. The highest BCUT2D eigenvalue weighted by Crippen LogP contribution is 2.37. The summed E-state index contributed by atoms with van der Waals surface area (Å²) < 4.78 is 5.07. The van der Waals surface area contributed by atoms with E-state index in [0.717, 1.165) is 0 Å². The van der Waals surface area contributed by atoms with Crippen LogP contribution in [0.2, 0.25) is 0 Å². The minimum atomic E-state index is -1.15. The first-order valence-electron chi connectivity index (χ1n) is 7.00. The Morgan fingerprint density at radius 1 is 1.27 bits per heavy atom. The number of primary amides is 1. The molecule has 0 saturated heterocycles. The Bertz CT molecular complexity index is 637. The maximum atomic E-state index is 12.3. The lowest BCUT2D eigenvalue weighted by Gasteiger charge is -2.31. The molecule has 2 rings (SSSR count). The average Bonchev–Trinajstić information content (AvgIpc) is 2.47. The van der Waals surface area contributed by atoms with Crippen LogP contribution >= 0.6 is 0 Å². The van der Waals surface area contributed by atoms with Crippen molar-refractivity contribution >= 4 is 17.8 Å². The predicted octanol–water partition coefficient (Wildman–Crippen LogP) is 0.839. The van der Waals surface area contributed by atoms with Crippen molar-refractivity contribution in [3.8, 4) is 0 Å². The molecule has 1 aliphatic rings. The fourth-order valence-corrected chi connectivity index (χ4v) is 2.68. The molecular formula is C16H18N2O4. The molecule has 2 atom stereocenters. The molecule has 0 aromatic heterocycles. The Hall–Kier alpha value is -2.63. The van der Waals surface area contributed by atoms with Gasteiger partial charge in [0.1, 0.15) is 5.92 Å². The van der Waals surface area contributed by atoms with Crippen molar-refractivity contribution in [3.05, 3.63) is 47.2 Å². The maximum Gasteiger partial charge on any atom is 0.336 e. The quantitative estimate of drug-likeness (QED) is 0.636. The Morgan fingerprint density at radius 3 is 2.45 bits per heavy atom. The Kier molecular flexibility index (Phi) is 4.60. The Morgan fingerprint density at radius 2 is 1.91 bits per heavy atom. The summed E-state index contributed by atoms with van der Waals surface area (Å²) >= 11 is 0. The van der Waals surface area contributed by atoms with Crippen LogP contribution in [-0.2, 0) is 19.1 Å². The van der Waals surface area contributed by atoms with E-state index in [2.05, 4.69) is 5.32 Å². The number of hydrogen-bond donors (Lipinski definition) is 2. The highest BCUT2D eigenvalue weighted by atomic mass is 16.5. The van der Waals surface area contributed by atoms with E-state index in [-0.39, 0.29) is 12.2 Å². The lowest BCUT2D eigenvalue weighted by molar-refractivity contribution is -0.140. The van der Waals surface area contributed by atoms with Gasteiger partial charge in [0.2, 0.25) is 11.8 Å². The summed E-state index contributed by atoms with van der Waals surface area (Å²) in [4.78, 5) is 36.2. The number of rotatable bonds is 4. The summed E-state index contributed by atoms with van der Waals surface area (Å²) in [5.41, 5.74) is 6.71. The summed E-state index contributed by atoms with van der Waals surface area (Å²) in [6.07, 6.45) is 0. The van der Waals surface area contributed by atoms with Crippen molar-refractivity contribution in [1.29, 1.82) is 0 Å². The molecule has 1 aliphatic heterocycles. The molecular weight excluding hydrogens is 284 g/mol. The third kappa shape index (κ3) is 2.86. The molecule has 0 spiro atoms. The molecule has 116 valence electrons. The summed E-state index contributed by atoms with van der Waals surface area (Å²) in [5, 5.41) is 2.54. The predicted molar refractivity (Wildman–Crippen MR) is 79.3 cm³/mol. The number of benzene rings is 1. The first-order valence-corrected chi connectivity index (χ1v) is 7.00. The van der Waals surface area contributed by atoms with Crippen LogP contribution in [0.15, 0.2) is 41.6 Å². The normalized spacial score (nSPS) is 21.3. The van der Waals surface area contributed by atoms with Gasteiger partial charge in [-0.3, -0.25) is 9.59 Å². The fraction of sp³-hybridized carbons (Fsp3) is 0.312. The van der Waals surface area contributed by atoms with Crippen LogP contribution in [0, 0.1) is 5.92 Å². The smallest absolute Gasteiger partial charge is 0.336 e. The van der Waals surface area contributed by atoms with E-state index in [0.29, 0.717) is 11.3 Å². The third-order valence-electron chi connectivity index (χ3n) is 3.60. The van der Waals surface area contributed by atoms with Crippen molar-refractivity contribution in [2.45, 2.75) is 19.8 Å². The van der Waals surface area contributed by atoms with Crippen LogP contribution in [0.3, 0.4) is 0 Å². The standard InChI is InChI=1S/C16H18N2O4/c1-3-22-16(21)11-9(2)18-15(20)13(14(17)19)12(11)10-7-5-4-6-8-10/h4-8,12-13H,3H2,1-2H3,(H2,17,19)(H,18,20)/t12-,13+/m1/s1. The van der Waals surface area contributed by atoms with Gasteiger partial charge in [0.15, 0.2) is 0 Å². The number of hydrogen-bond acceptors (Lipinski definition) is 4. The largest absolute Gasteiger partial charge is 0.463 e. The molecule has 0 unspecified atom stereocenters. The van der Waals surface area contributed by atoms with Crippen molar-refractivity contribution in [2.24, 2.45) is 11.7 Å². The van der Waals surface area contributed by atoms with Gasteiger partial charge in [-0.2, -0.15) is 0 Å².